The Kier molecular flexibility index (Phi) is 10.6. The van der Waals surface area contributed by atoms with Gasteiger partial charge >= 0.3 is 19.5 Å². The molecule has 0 N–H and O–H groups in total. The Hall–Kier alpha value is 0.293. The van der Waals surface area contributed by atoms with Crippen LogP contribution in [0.5, 0.6) is 0 Å². The summed E-state index contributed by atoms with van der Waals surface area (Å²) in [6.45, 7) is 2.01. The van der Waals surface area contributed by atoms with Crippen LogP contribution in [0.2, 0.25) is 0 Å². The van der Waals surface area contributed by atoms with Crippen molar-refractivity contribution in [2.45, 2.75) is 19.8 Å². The van der Waals surface area contributed by atoms with Crippen LogP contribution in [0, 0.1) is 63.7 Å². The molecule has 0 aromatic heterocycles. The first-order valence-corrected chi connectivity index (χ1v) is 5.26. The molecule has 2 heteroatoms. The Morgan fingerprint density at radius 2 is 1.38 bits per heavy atom. The average molecular weight is 301 g/mol. The first kappa shape index (κ1) is 16.3. The topological polar surface area (TPSA) is 17.1 Å². The summed E-state index contributed by atoms with van der Waals surface area (Å²) in [5, 5.41) is 0. The summed E-state index contributed by atoms with van der Waals surface area (Å²) in [5.41, 5.74) is 0. The second-order valence-electron chi connectivity index (χ2n) is 3.31. The van der Waals surface area contributed by atoms with Gasteiger partial charge in [-0.05, 0) is 64.2 Å². The summed E-state index contributed by atoms with van der Waals surface area (Å²) in [5.74, 6) is 1.11. The van der Waals surface area contributed by atoms with E-state index in [9.17, 15) is 4.79 Å². The molecule has 0 aromatic rings. The predicted octanol–water partition coefficient (Wildman–Crippen LogP) is 2.78. The van der Waals surface area contributed by atoms with E-state index in [1.807, 2.05) is 64.7 Å². The number of Topliss-reactive ketones (excluding diaryl/α,β-unsaturated/α-hetero) is 1. The smallest absolute Gasteiger partial charge is 0.299 e. The zero-order valence-corrected chi connectivity index (χ0v) is 11.1. The van der Waals surface area contributed by atoms with E-state index in [0.717, 1.165) is 12.3 Å². The van der Waals surface area contributed by atoms with Gasteiger partial charge in [0.1, 0.15) is 5.78 Å². The Labute approximate surface area is 114 Å². The van der Waals surface area contributed by atoms with Gasteiger partial charge in [-0.2, -0.15) is 0 Å². The SMILES string of the molecule is CCCC(=O)[C]1[CH][CH][CH][CH]1.[CH]1[CH][CH][CH][CH]1.[Ru+2]. The van der Waals surface area contributed by atoms with E-state index in [2.05, 4.69) is 0 Å². The molecule has 10 radical (unpaired) electrons. The average Bonchev–Trinajstić information content (AvgIpc) is 2.95. The van der Waals surface area contributed by atoms with Gasteiger partial charge in [-0.1, -0.05) is 6.92 Å². The predicted molar refractivity (Wildman–Crippen MR) is 61.9 cm³/mol. The Balaban J connectivity index is 0.000000318. The zero-order chi connectivity index (χ0) is 10.9. The molecule has 0 unspecified atom stereocenters. The molecule has 0 heterocycles. The van der Waals surface area contributed by atoms with E-state index in [1.54, 1.807) is 0 Å². The molecule has 0 atom stereocenters. The van der Waals surface area contributed by atoms with Crippen molar-refractivity contribution < 1.29 is 24.3 Å². The minimum atomic E-state index is 0. The van der Waals surface area contributed by atoms with E-state index in [4.69, 9.17) is 0 Å². The largest absolute Gasteiger partial charge is 2.00 e. The van der Waals surface area contributed by atoms with Crippen LogP contribution in [0.1, 0.15) is 19.8 Å². The number of ketones is 1. The van der Waals surface area contributed by atoms with Crippen molar-refractivity contribution in [3.63, 3.8) is 0 Å². The van der Waals surface area contributed by atoms with Gasteiger partial charge in [-0.25, -0.2) is 0 Å². The maximum Gasteiger partial charge on any atom is 2.00 e. The number of hydrogen-bond acceptors (Lipinski definition) is 1. The van der Waals surface area contributed by atoms with Crippen molar-refractivity contribution >= 4 is 5.78 Å². The summed E-state index contributed by atoms with van der Waals surface area (Å²) in [7, 11) is 0. The van der Waals surface area contributed by atoms with Crippen molar-refractivity contribution in [3.05, 3.63) is 63.7 Å². The molecular formula is C14H16ORu+2. The van der Waals surface area contributed by atoms with Gasteiger partial charge in [0, 0.05) is 12.3 Å². The van der Waals surface area contributed by atoms with Crippen LogP contribution in [0.15, 0.2) is 0 Å². The van der Waals surface area contributed by atoms with Gasteiger partial charge in [0.2, 0.25) is 0 Å². The van der Waals surface area contributed by atoms with Crippen molar-refractivity contribution in [1.82, 2.24) is 0 Å². The van der Waals surface area contributed by atoms with Crippen LogP contribution in [0.25, 0.3) is 0 Å². The molecule has 84 valence electrons. The summed E-state index contributed by atoms with van der Waals surface area (Å²) >= 11 is 0. The minimum Gasteiger partial charge on any atom is -0.299 e. The van der Waals surface area contributed by atoms with E-state index < -0.39 is 0 Å². The van der Waals surface area contributed by atoms with Gasteiger partial charge in [0.25, 0.3) is 0 Å². The van der Waals surface area contributed by atoms with Gasteiger partial charge in [-0.15, -0.1) is 0 Å². The zero-order valence-electron chi connectivity index (χ0n) is 9.37. The minimum absolute atomic E-state index is 0. The molecule has 0 amide bonds. The Bertz CT molecular complexity index is 162. The number of carbonyl (C=O) groups is 1. The third-order valence-corrected chi connectivity index (χ3v) is 2.02. The second-order valence-corrected chi connectivity index (χ2v) is 3.31. The second kappa shape index (κ2) is 10.4. The molecule has 0 saturated heterocycles. The maximum atomic E-state index is 11.1. The monoisotopic (exact) mass is 302 g/mol. The van der Waals surface area contributed by atoms with E-state index in [-0.39, 0.29) is 25.3 Å². The quantitative estimate of drug-likeness (QED) is 0.733. The summed E-state index contributed by atoms with van der Waals surface area (Å²) in [6.07, 6.45) is 19.1. The summed E-state index contributed by atoms with van der Waals surface area (Å²) < 4.78 is 0. The van der Waals surface area contributed by atoms with Crippen LogP contribution in [-0.4, -0.2) is 5.78 Å². The molecule has 0 bridgehead atoms. The van der Waals surface area contributed by atoms with Crippen molar-refractivity contribution in [2.24, 2.45) is 0 Å². The fraction of sp³-hybridized carbons (Fsp3) is 0.214. The Morgan fingerprint density at radius 3 is 1.75 bits per heavy atom. The Morgan fingerprint density at radius 1 is 0.938 bits per heavy atom. The van der Waals surface area contributed by atoms with Crippen LogP contribution in [-0.2, 0) is 24.3 Å². The molecule has 0 aliphatic heterocycles. The van der Waals surface area contributed by atoms with Crippen LogP contribution >= 0.6 is 0 Å². The van der Waals surface area contributed by atoms with Crippen molar-refractivity contribution in [3.8, 4) is 0 Å². The number of carbonyl (C=O) groups excluding carboxylic acids is 1. The standard InChI is InChI=1S/C9H11O.C5H5.Ru/c1-2-5-9(10)8-6-3-4-7-8;1-2-4-5-3-1;/h3-4,6-7H,2,5H2,1H3;1-5H;/q;;+2. The number of rotatable bonds is 3. The normalized spacial score (nSPS) is 19.8. The fourth-order valence-electron chi connectivity index (χ4n) is 1.25. The molecule has 0 spiro atoms. The third-order valence-electron chi connectivity index (χ3n) is 2.02. The van der Waals surface area contributed by atoms with E-state index >= 15 is 0 Å². The molecule has 1 nitrogen and oxygen atoms in total. The first-order chi connectivity index (χ1) is 7.34. The maximum absolute atomic E-state index is 11.1. The van der Waals surface area contributed by atoms with Gasteiger partial charge in [0.15, 0.2) is 0 Å². The summed E-state index contributed by atoms with van der Waals surface area (Å²) in [6, 6.07) is 0. The molecule has 2 aliphatic carbocycles. The van der Waals surface area contributed by atoms with Gasteiger partial charge < -0.3 is 0 Å². The van der Waals surface area contributed by atoms with E-state index in [1.165, 1.54) is 0 Å². The van der Waals surface area contributed by atoms with Crippen molar-refractivity contribution in [1.29, 1.82) is 0 Å². The van der Waals surface area contributed by atoms with Gasteiger partial charge in [-0.3, -0.25) is 4.79 Å². The van der Waals surface area contributed by atoms with Gasteiger partial charge in [0.05, 0.1) is 0 Å². The first-order valence-electron chi connectivity index (χ1n) is 5.26. The molecule has 0 aromatic carbocycles. The third kappa shape index (κ3) is 6.79. The van der Waals surface area contributed by atoms with Crippen molar-refractivity contribution in [2.75, 3.05) is 0 Å². The molecule has 2 saturated carbocycles. The molecule has 2 fully saturated rings. The fourth-order valence-corrected chi connectivity index (χ4v) is 1.25. The van der Waals surface area contributed by atoms with Crippen LogP contribution in [0.3, 0.4) is 0 Å². The summed E-state index contributed by atoms with van der Waals surface area (Å²) in [4.78, 5) is 11.1. The van der Waals surface area contributed by atoms with E-state index in [0.29, 0.717) is 6.42 Å². The molecule has 2 rings (SSSR count). The van der Waals surface area contributed by atoms with Crippen LogP contribution in [0.4, 0.5) is 0 Å². The molecular weight excluding hydrogens is 285 g/mol. The number of hydrogen-bond donors (Lipinski definition) is 0. The molecule has 2 aliphatic rings. The molecule has 16 heavy (non-hydrogen) atoms. The van der Waals surface area contributed by atoms with Crippen LogP contribution < -0.4 is 0 Å².